The Morgan fingerprint density at radius 2 is 1.63 bits per heavy atom. The molecule has 2 heterocycles. The van der Waals surface area contributed by atoms with Gasteiger partial charge in [0.1, 0.15) is 24.3 Å². The number of allylic oxidation sites excluding steroid dienone is 2. The molecule has 1 aromatic heterocycles. The van der Waals surface area contributed by atoms with Crippen LogP contribution in [0.5, 0.6) is 0 Å². The summed E-state index contributed by atoms with van der Waals surface area (Å²) in [4.78, 5) is 3.33. The van der Waals surface area contributed by atoms with Gasteiger partial charge < -0.3 is 4.90 Å². The Hall–Kier alpha value is -3.04. The van der Waals surface area contributed by atoms with E-state index >= 15 is 0 Å². The van der Waals surface area contributed by atoms with Gasteiger partial charge >= 0.3 is 10.1 Å². The van der Waals surface area contributed by atoms with Crippen LogP contribution in [0.1, 0.15) is 57.5 Å². The van der Waals surface area contributed by atoms with Crippen LogP contribution in [-0.4, -0.2) is 63.7 Å². The molecule has 0 radical (unpaired) electrons. The summed E-state index contributed by atoms with van der Waals surface area (Å²) in [6, 6.07) is 22.9. The first-order valence-corrected chi connectivity index (χ1v) is 22.4. The molecule has 1 aliphatic rings. The van der Waals surface area contributed by atoms with Crippen LogP contribution in [0.25, 0.3) is 27.4 Å². The molecule has 51 heavy (non-hydrogen) atoms. The van der Waals surface area contributed by atoms with E-state index in [1.54, 1.807) is 23.1 Å². The van der Waals surface area contributed by atoms with Crippen LogP contribution in [0.4, 0.5) is 5.69 Å². The van der Waals surface area contributed by atoms with Crippen molar-refractivity contribution in [1.82, 2.24) is 0 Å². The Bertz CT molecular complexity index is 2110. The average Bonchev–Trinajstić information content (AvgIpc) is 3.62. The quantitative estimate of drug-likeness (QED) is 0.0496. The van der Waals surface area contributed by atoms with Crippen molar-refractivity contribution in [3.8, 4) is 11.1 Å². The van der Waals surface area contributed by atoms with Crippen LogP contribution in [0, 0.1) is 6.92 Å². The number of anilines is 1. The summed E-state index contributed by atoms with van der Waals surface area (Å²) < 4.78 is 68.0. The second kappa shape index (κ2) is 16.7. The van der Waals surface area contributed by atoms with Crippen molar-refractivity contribution in [1.29, 1.82) is 0 Å². The topological polar surface area (TPSA) is 105 Å². The number of hydroxylamine groups is 3. The fourth-order valence-electron chi connectivity index (χ4n) is 6.27. The lowest BCUT2D eigenvalue weighted by Gasteiger charge is -2.31. The third-order valence-corrected chi connectivity index (χ3v) is 13.7. The largest absolute Gasteiger partial charge is 0.335 e. The molecule has 3 aromatic carbocycles. The zero-order valence-electron chi connectivity index (χ0n) is 30.0. The fourth-order valence-corrected chi connectivity index (χ4v) is 10.4. The second-order valence-electron chi connectivity index (χ2n) is 12.8. The highest BCUT2D eigenvalue weighted by Crippen LogP contribution is 2.47. The van der Waals surface area contributed by atoms with Crippen molar-refractivity contribution < 1.29 is 34.9 Å². The minimum absolute atomic E-state index is 0.0740. The normalized spacial score (nSPS) is 14.9. The molecular formula is C38H49N3O6S4+2. The molecule has 0 saturated carbocycles. The highest BCUT2D eigenvalue weighted by Gasteiger charge is 2.32. The van der Waals surface area contributed by atoms with Gasteiger partial charge in [0.05, 0.1) is 22.2 Å². The molecule has 0 saturated heterocycles. The van der Waals surface area contributed by atoms with E-state index in [0.717, 1.165) is 59.5 Å². The van der Waals surface area contributed by atoms with Crippen LogP contribution in [-0.2, 0) is 31.1 Å². The summed E-state index contributed by atoms with van der Waals surface area (Å²) in [6.07, 6.45) is 5.77. The number of fused-ring (bicyclic) bond motifs is 2. The van der Waals surface area contributed by atoms with E-state index in [2.05, 4.69) is 84.0 Å². The Morgan fingerprint density at radius 1 is 0.902 bits per heavy atom. The molecule has 0 bridgehead atoms. The van der Waals surface area contributed by atoms with E-state index < -0.39 is 20.2 Å². The molecule has 1 aliphatic heterocycles. The van der Waals surface area contributed by atoms with Gasteiger partial charge in [0.15, 0.2) is 6.54 Å². The molecule has 5 rings (SSSR count). The fraction of sp³-hybridized carbons (Fsp3) is 0.395. The Kier molecular flexibility index (Phi) is 12.9. The van der Waals surface area contributed by atoms with E-state index in [1.165, 1.54) is 0 Å². The summed E-state index contributed by atoms with van der Waals surface area (Å²) in [5.41, 5.74) is 6.45. The summed E-state index contributed by atoms with van der Waals surface area (Å²) >= 11 is 3.32. The molecule has 4 aromatic rings. The number of nitrogens with zero attached hydrogens (tertiary/aromatic N) is 3. The number of hydrogen-bond donors (Lipinski definition) is 1. The van der Waals surface area contributed by atoms with E-state index in [0.29, 0.717) is 39.1 Å². The molecule has 0 atom stereocenters. The van der Waals surface area contributed by atoms with Crippen molar-refractivity contribution in [3.63, 3.8) is 0 Å². The first-order chi connectivity index (χ1) is 24.3. The lowest BCUT2D eigenvalue weighted by molar-refractivity contribution is -1.08. The molecule has 0 spiro atoms. The Balaban J connectivity index is 1.48. The predicted octanol–water partition coefficient (Wildman–Crippen LogP) is 8.22. The minimum atomic E-state index is -4.09. The number of quaternary nitrogens is 1. The van der Waals surface area contributed by atoms with Gasteiger partial charge in [-0.3, -0.25) is 4.55 Å². The Morgan fingerprint density at radius 3 is 2.29 bits per heavy atom. The van der Waals surface area contributed by atoms with E-state index in [9.17, 15) is 21.4 Å². The second-order valence-corrected chi connectivity index (χ2v) is 18.1. The van der Waals surface area contributed by atoms with Crippen molar-refractivity contribution >= 4 is 65.3 Å². The van der Waals surface area contributed by atoms with Crippen LogP contribution in [0.15, 0.2) is 88.3 Å². The molecule has 274 valence electrons. The number of thiazole rings is 1. The van der Waals surface area contributed by atoms with Gasteiger partial charge in [-0.05, 0) is 87.1 Å². The molecule has 0 unspecified atom stereocenters. The molecule has 9 nitrogen and oxygen atoms in total. The average molecular weight is 772 g/mol. The number of aromatic nitrogens is 1. The smallest absolute Gasteiger partial charge is 0.314 e. The van der Waals surface area contributed by atoms with Crippen molar-refractivity contribution in [2.75, 3.05) is 42.6 Å². The number of aryl methyl sites for hydroxylation is 2. The van der Waals surface area contributed by atoms with E-state index in [4.69, 9.17) is 4.28 Å². The van der Waals surface area contributed by atoms with Gasteiger partial charge in [0.2, 0.25) is 5.52 Å². The van der Waals surface area contributed by atoms with Gasteiger partial charge in [0, 0.05) is 30.0 Å². The standard InChI is InChI=1S/C38H48N3O6S4/c1-6-30(27-38-40(21-13-23-50(42,43)44)34-28-32(18-20-36(34)49-38)31-15-11-10-12-16-31)26-37-39(33-25-29(5)17-19-35(33)48-37)22-14-24-51(45,46)47-41(7-2,8-3)9-4/h10-12,15-20,25-28H,6-9,13-14,21-24H2,1-5H3/q+1/p+1. The lowest BCUT2D eigenvalue weighted by Crippen LogP contribution is -2.49. The van der Waals surface area contributed by atoms with Gasteiger partial charge in [-0.2, -0.15) is 26.0 Å². The summed E-state index contributed by atoms with van der Waals surface area (Å²) in [5.74, 6) is -0.391. The summed E-state index contributed by atoms with van der Waals surface area (Å²) in [5, 5.41) is 2.00. The molecule has 13 heteroatoms. The maximum atomic E-state index is 13.1. The Labute approximate surface area is 311 Å². The van der Waals surface area contributed by atoms with Gasteiger partial charge in [0.25, 0.3) is 15.1 Å². The molecule has 1 N–H and O–H groups in total. The maximum absolute atomic E-state index is 13.1. The van der Waals surface area contributed by atoms with E-state index in [-0.39, 0.29) is 22.6 Å². The number of thioether (sulfide) groups is 1. The van der Waals surface area contributed by atoms with Crippen molar-refractivity contribution in [2.24, 2.45) is 0 Å². The van der Waals surface area contributed by atoms with Crippen LogP contribution >= 0.6 is 23.1 Å². The highest BCUT2D eigenvalue weighted by molar-refractivity contribution is 8.03. The zero-order chi connectivity index (χ0) is 36.8. The van der Waals surface area contributed by atoms with Gasteiger partial charge in [-0.15, -0.1) is 0 Å². The van der Waals surface area contributed by atoms with Gasteiger partial charge in [-0.25, -0.2) is 0 Å². The first-order valence-electron chi connectivity index (χ1n) is 17.5. The monoisotopic (exact) mass is 771 g/mol. The first kappa shape index (κ1) is 39.2. The SMILES string of the molecule is CCC(/C=C1\Sc2ccc(C)cc2N1CCCS(=O)(=O)O[N+](CC)(CC)CC)=C\c1sc2ccc(-c3ccccc3)cc2[n+]1CCCS(=O)(=O)O. The molecule has 0 amide bonds. The van der Waals surface area contributed by atoms with Crippen LogP contribution < -0.4 is 9.47 Å². The van der Waals surface area contributed by atoms with Crippen molar-refractivity contribution in [3.05, 3.63) is 94.0 Å². The number of hydrogen-bond acceptors (Lipinski definition) is 8. The predicted molar refractivity (Wildman–Crippen MR) is 211 cm³/mol. The summed E-state index contributed by atoms with van der Waals surface area (Å²) in [6.45, 7) is 12.7. The maximum Gasteiger partial charge on any atom is 0.314 e. The zero-order valence-corrected chi connectivity index (χ0v) is 33.3. The minimum Gasteiger partial charge on any atom is -0.335 e. The van der Waals surface area contributed by atoms with Crippen molar-refractivity contribution in [2.45, 2.75) is 65.3 Å². The lowest BCUT2D eigenvalue weighted by atomic mass is 10.1. The summed E-state index contributed by atoms with van der Waals surface area (Å²) in [7, 11) is -7.83. The third kappa shape index (κ3) is 9.89. The molecular weight excluding hydrogens is 723 g/mol. The van der Waals surface area contributed by atoms with Gasteiger partial charge in [-0.1, -0.05) is 76.8 Å². The van der Waals surface area contributed by atoms with Crippen LogP contribution in [0.2, 0.25) is 0 Å². The molecule has 0 fully saturated rings. The number of benzene rings is 3. The third-order valence-electron chi connectivity index (χ3n) is 9.31. The molecule has 0 aliphatic carbocycles. The van der Waals surface area contributed by atoms with E-state index in [1.807, 2.05) is 39.0 Å². The van der Waals surface area contributed by atoms with Crippen LogP contribution in [0.3, 0.4) is 0 Å². The number of rotatable bonds is 17. The highest BCUT2D eigenvalue weighted by atomic mass is 32.2.